The number of benzene rings is 2. The van der Waals surface area contributed by atoms with Gasteiger partial charge in [0.05, 0.1) is 11.3 Å². The number of rotatable bonds is 4. The summed E-state index contributed by atoms with van der Waals surface area (Å²) < 4.78 is 1.16. The first-order valence-corrected chi connectivity index (χ1v) is 9.24. The van der Waals surface area contributed by atoms with Crippen LogP contribution in [0, 0.1) is 0 Å². The van der Waals surface area contributed by atoms with Gasteiger partial charge in [-0.05, 0) is 36.4 Å². The SMILES string of the molecule is CC(=O)Nc1cccc(N=Cc2c(O)n(-c3ccccn3)c(=O)c3ccccc23)c1. The molecule has 2 N–H and O–H groups in total. The number of nitrogens with zero attached hydrogens (tertiary/aromatic N) is 3. The molecule has 4 rings (SSSR count). The molecule has 0 saturated carbocycles. The summed E-state index contributed by atoms with van der Waals surface area (Å²) in [5, 5.41) is 14.7. The minimum Gasteiger partial charge on any atom is -0.494 e. The average Bonchev–Trinajstić information content (AvgIpc) is 2.74. The van der Waals surface area contributed by atoms with Crippen molar-refractivity contribution >= 4 is 34.3 Å². The number of nitrogens with one attached hydrogen (secondary N) is 1. The molecule has 0 unspecified atom stereocenters. The quantitative estimate of drug-likeness (QED) is 0.511. The van der Waals surface area contributed by atoms with Gasteiger partial charge in [0.2, 0.25) is 11.8 Å². The zero-order valence-electron chi connectivity index (χ0n) is 16.1. The van der Waals surface area contributed by atoms with Gasteiger partial charge in [0, 0.05) is 35.8 Å². The smallest absolute Gasteiger partial charge is 0.267 e. The third-order valence-electron chi connectivity index (χ3n) is 4.49. The Hall–Kier alpha value is -4.26. The van der Waals surface area contributed by atoms with Crippen LogP contribution in [0.3, 0.4) is 0 Å². The molecule has 30 heavy (non-hydrogen) atoms. The maximum atomic E-state index is 13.0. The molecule has 0 bridgehead atoms. The number of aliphatic imine (C=N–C) groups is 1. The normalized spacial score (nSPS) is 11.1. The number of carbonyl (C=O) groups is 1. The van der Waals surface area contributed by atoms with Crippen molar-refractivity contribution in [1.29, 1.82) is 0 Å². The molecule has 0 atom stereocenters. The summed E-state index contributed by atoms with van der Waals surface area (Å²) in [6, 6.07) is 19.2. The Morgan fingerprint density at radius 1 is 1.07 bits per heavy atom. The predicted octanol–water partition coefficient (Wildman–Crippen LogP) is 3.80. The standard InChI is InChI=1S/C23H18N4O3/c1-15(28)26-17-8-6-7-16(13-17)25-14-20-18-9-2-3-10-19(18)22(29)27(23(20)30)21-11-4-5-12-24-21/h2-14,30H,1H3,(H,26,28). The first-order valence-electron chi connectivity index (χ1n) is 9.24. The molecule has 0 spiro atoms. The molecule has 1 amide bonds. The molecule has 7 nitrogen and oxygen atoms in total. The van der Waals surface area contributed by atoms with E-state index < -0.39 is 0 Å². The van der Waals surface area contributed by atoms with E-state index in [0.717, 1.165) is 4.57 Å². The van der Waals surface area contributed by atoms with E-state index in [1.54, 1.807) is 72.9 Å². The maximum Gasteiger partial charge on any atom is 0.267 e. The van der Waals surface area contributed by atoms with E-state index in [1.165, 1.54) is 13.1 Å². The van der Waals surface area contributed by atoms with E-state index in [4.69, 9.17) is 0 Å². The monoisotopic (exact) mass is 398 g/mol. The summed E-state index contributed by atoms with van der Waals surface area (Å²) in [7, 11) is 0. The van der Waals surface area contributed by atoms with E-state index in [9.17, 15) is 14.7 Å². The highest BCUT2D eigenvalue weighted by Crippen LogP contribution is 2.26. The predicted molar refractivity (Wildman–Crippen MR) is 117 cm³/mol. The van der Waals surface area contributed by atoms with Crippen LogP contribution in [0.25, 0.3) is 16.6 Å². The molecule has 0 aliphatic carbocycles. The van der Waals surface area contributed by atoms with E-state index in [1.807, 2.05) is 0 Å². The van der Waals surface area contributed by atoms with Crippen LogP contribution in [0.5, 0.6) is 5.88 Å². The largest absolute Gasteiger partial charge is 0.494 e. The molecular weight excluding hydrogens is 380 g/mol. The Morgan fingerprint density at radius 3 is 2.57 bits per heavy atom. The molecule has 4 aromatic rings. The van der Waals surface area contributed by atoms with Gasteiger partial charge in [-0.2, -0.15) is 0 Å². The maximum absolute atomic E-state index is 13.0. The van der Waals surface area contributed by atoms with Gasteiger partial charge in [-0.25, -0.2) is 9.55 Å². The molecule has 2 heterocycles. The van der Waals surface area contributed by atoms with Gasteiger partial charge in [-0.3, -0.25) is 14.6 Å². The van der Waals surface area contributed by atoms with Gasteiger partial charge < -0.3 is 10.4 Å². The van der Waals surface area contributed by atoms with E-state index >= 15 is 0 Å². The van der Waals surface area contributed by atoms with Crippen LogP contribution in [-0.4, -0.2) is 26.8 Å². The lowest BCUT2D eigenvalue weighted by Gasteiger charge is -2.12. The number of pyridine rings is 2. The van der Waals surface area contributed by atoms with Gasteiger partial charge >= 0.3 is 0 Å². The van der Waals surface area contributed by atoms with Crippen LogP contribution in [0.4, 0.5) is 11.4 Å². The zero-order chi connectivity index (χ0) is 21.1. The molecule has 0 fully saturated rings. The summed E-state index contributed by atoms with van der Waals surface area (Å²) in [5.41, 5.74) is 1.22. The molecule has 0 aliphatic rings. The number of anilines is 1. The van der Waals surface area contributed by atoms with Crippen LogP contribution in [-0.2, 0) is 4.79 Å². The molecule has 2 aromatic carbocycles. The van der Waals surface area contributed by atoms with E-state index in [2.05, 4.69) is 15.3 Å². The Morgan fingerprint density at radius 2 is 1.83 bits per heavy atom. The Bertz CT molecular complexity index is 1330. The Labute approximate surface area is 172 Å². The Balaban J connectivity index is 1.88. The van der Waals surface area contributed by atoms with Crippen molar-refractivity contribution in [2.24, 2.45) is 4.99 Å². The molecule has 2 aromatic heterocycles. The average molecular weight is 398 g/mol. The Kier molecular flexibility index (Phi) is 5.09. The van der Waals surface area contributed by atoms with Crippen LogP contribution in [0.1, 0.15) is 12.5 Å². The zero-order valence-corrected chi connectivity index (χ0v) is 16.1. The van der Waals surface area contributed by atoms with Crippen molar-refractivity contribution in [3.8, 4) is 11.7 Å². The number of aromatic hydroxyl groups is 1. The summed E-state index contributed by atoms with van der Waals surface area (Å²) in [6.07, 6.45) is 3.06. The topological polar surface area (TPSA) is 96.6 Å². The fourth-order valence-electron chi connectivity index (χ4n) is 3.19. The summed E-state index contributed by atoms with van der Waals surface area (Å²) in [5.74, 6) is -0.116. The third kappa shape index (κ3) is 3.68. The van der Waals surface area contributed by atoms with Crippen LogP contribution in [0.2, 0.25) is 0 Å². The molecular formula is C23H18N4O3. The molecule has 0 aliphatic heterocycles. The van der Waals surface area contributed by atoms with Gasteiger partial charge in [0.25, 0.3) is 5.56 Å². The number of carbonyl (C=O) groups excluding carboxylic acids is 1. The lowest BCUT2D eigenvalue weighted by Crippen LogP contribution is -2.20. The third-order valence-corrected chi connectivity index (χ3v) is 4.49. The summed E-state index contributed by atoms with van der Waals surface area (Å²) in [6.45, 7) is 1.43. The van der Waals surface area contributed by atoms with E-state index in [0.29, 0.717) is 33.5 Å². The number of hydrogen-bond acceptors (Lipinski definition) is 5. The van der Waals surface area contributed by atoms with Crippen molar-refractivity contribution in [1.82, 2.24) is 9.55 Å². The fraction of sp³-hybridized carbons (Fsp3) is 0.0435. The van der Waals surface area contributed by atoms with Gasteiger partial charge in [-0.1, -0.05) is 30.3 Å². The highest BCUT2D eigenvalue weighted by molar-refractivity contribution is 6.02. The second-order valence-electron chi connectivity index (χ2n) is 6.60. The van der Waals surface area contributed by atoms with E-state index in [-0.39, 0.29) is 17.3 Å². The van der Waals surface area contributed by atoms with Crippen LogP contribution < -0.4 is 10.9 Å². The van der Waals surface area contributed by atoms with Crippen LogP contribution in [0.15, 0.2) is 82.7 Å². The summed E-state index contributed by atoms with van der Waals surface area (Å²) in [4.78, 5) is 32.9. The summed E-state index contributed by atoms with van der Waals surface area (Å²) >= 11 is 0. The fourth-order valence-corrected chi connectivity index (χ4v) is 3.19. The highest BCUT2D eigenvalue weighted by Gasteiger charge is 2.16. The van der Waals surface area contributed by atoms with Gasteiger partial charge in [0.15, 0.2) is 0 Å². The lowest BCUT2D eigenvalue weighted by molar-refractivity contribution is -0.114. The van der Waals surface area contributed by atoms with Crippen molar-refractivity contribution < 1.29 is 9.90 Å². The van der Waals surface area contributed by atoms with Crippen molar-refractivity contribution in [3.63, 3.8) is 0 Å². The molecule has 0 radical (unpaired) electrons. The lowest BCUT2D eigenvalue weighted by atomic mass is 10.1. The van der Waals surface area contributed by atoms with Gasteiger partial charge in [-0.15, -0.1) is 0 Å². The first kappa shape index (κ1) is 19.1. The van der Waals surface area contributed by atoms with Crippen molar-refractivity contribution in [2.75, 3.05) is 5.32 Å². The molecule has 0 saturated heterocycles. The second kappa shape index (κ2) is 8.00. The van der Waals surface area contributed by atoms with Crippen molar-refractivity contribution in [3.05, 3.63) is 88.8 Å². The van der Waals surface area contributed by atoms with Gasteiger partial charge in [0.1, 0.15) is 5.82 Å². The molecule has 148 valence electrons. The number of fused-ring (bicyclic) bond motifs is 1. The minimum atomic E-state index is -0.369. The van der Waals surface area contributed by atoms with Crippen molar-refractivity contribution in [2.45, 2.75) is 6.92 Å². The number of hydrogen-bond donors (Lipinski definition) is 2. The first-order chi connectivity index (χ1) is 14.5. The number of amides is 1. The molecule has 7 heteroatoms. The second-order valence-corrected chi connectivity index (χ2v) is 6.60. The van der Waals surface area contributed by atoms with Crippen LogP contribution >= 0.6 is 0 Å². The number of aromatic nitrogens is 2. The highest BCUT2D eigenvalue weighted by atomic mass is 16.3. The minimum absolute atomic E-state index is 0.179.